The van der Waals surface area contributed by atoms with E-state index in [9.17, 15) is 9.59 Å². The second-order valence-corrected chi connectivity index (χ2v) is 7.98. The van der Waals surface area contributed by atoms with Gasteiger partial charge in [-0.2, -0.15) is 0 Å². The molecule has 166 valence electrons. The maximum atomic E-state index is 10.9. The molecule has 0 spiro atoms. The van der Waals surface area contributed by atoms with Crippen LogP contribution in [0.2, 0.25) is 0 Å². The van der Waals surface area contributed by atoms with Gasteiger partial charge >= 0.3 is 0 Å². The van der Waals surface area contributed by atoms with Crippen molar-refractivity contribution in [2.45, 2.75) is 79.1 Å². The van der Waals surface area contributed by atoms with E-state index in [1.807, 2.05) is 0 Å². The molecule has 1 aromatic carbocycles. The average molecular weight is 407 g/mol. The molecule has 0 unspecified atom stereocenters. The molecule has 2 N–H and O–H groups in total. The quantitative estimate of drug-likeness (QED) is 0.373. The summed E-state index contributed by atoms with van der Waals surface area (Å²) in [6.07, 6.45) is 11.1. The molecule has 0 fully saturated rings. The SMILES string of the molecule is CCCC[N+](CCCC)(CCCC)CCCC.O=C1NC(=O)c2ccccc21.[OH-]. The number of quaternary nitrogens is 1. The summed E-state index contributed by atoms with van der Waals surface area (Å²) in [6.45, 7) is 15.0. The smallest absolute Gasteiger partial charge is 0.258 e. The van der Waals surface area contributed by atoms with Crippen LogP contribution in [0.3, 0.4) is 0 Å². The molecule has 1 heterocycles. The van der Waals surface area contributed by atoms with Gasteiger partial charge in [0.15, 0.2) is 0 Å². The molecule has 0 saturated heterocycles. The van der Waals surface area contributed by atoms with E-state index < -0.39 is 0 Å². The predicted octanol–water partition coefficient (Wildman–Crippen LogP) is 5.40. The lowest BCUT2D eigenvalue weighted by atomic mass is 10.1. The van der Waals surface area contributed by atoms with E-state index in [4.69, 9.17) is 0 Å². The zero-order chi connectivity index (χ0) is 20.8. The lowest BCUT2D eigenvalue weighted by Crippen LogP contribution is -2.50. The normalized spacial score (nSPS) is 12.6. The first-order valence-corrected chi connectivity index (χ1v) is 11.3. The van der Waals surface area contributed by atoms with Gasteiger partial charge in [-0.15, -0.1) is 0 Å². The van der Waals surface area contributed by atoms with Gasteiger partial charge in [-0.25, -0.2) is 0 Å². The summed E-state index contributed by atoms with van der Waals surface area (Å²) in [6, 6.07) is 6.74. The van der Waals surface area contributed by atoms with E-state index in [1.165, 1.54) is 82.0 Å². The molecule has 0 saturated carbocycles. The van der Waals surface area contributed by atoms with Crippen molar-refractivity contribution >= 4 is 11.8 Å². The van der Waals surface area contributed by atoms with Crippen LogP contribution in [0.5, 0.6) is 0 Å². The largest absolute Gasteiger partial charge is 0.870 e. The van der Waals surface area contributed by atoms with Crippen LogP contribution in [0.15, 0.2) is 24.3 Å². The summed E-state index contributed by atoms with van der Waals surface area (Å²) in [7, 11) is 0. The van der Waals surface area contributed by atoms with E-state index >= 15 is 0 Å². The number of nitrogens with zero attached hydrogens (tertiary/aromatic N) is 1. The van der Waals surface area contributed by atoms with Gasteiger partial charge in [-0.3, -0.25) is 14.9 Å². The molecular formula is C24H42N2O3. The Hall–Kier alpha value is -1.72. The van der Waals surface area contributed by atoms with Crippen molar-refractivity contribution in [1.82, 2.24) is 5.32 Å². The van der Waals surface area contributed by atoms with Gasteiger partial charge in [0.25, 0.3) is 11.8 Å². The number of benzene rings is 1. The van der Waals surface area contributed by atoms with Crippen LogP contribution in [0.1, 0.15) is 99.8 Å². The van der Waals surface area contributed by atoms with Crippen molar-refractivity contribution in [2.24, 2.45) is 0 Å². The number of fused-ring (bicyclic) bond motifs is 1. The highest BCUT2D eigenvalue weighted by atomic mass is 16.2. The molecule has 29 heavy (non-hydrogen) atoms. The Morgan fingerprint density at radius 2 is 0.966 bits per heavy atom. The summed E-state index contributed by atoms with van der Waals surface area (Å²) in [5.74, 6) is -0.601. The van der Waals surface area contributed by atoms with Crippen molar-refractivity contribution < 1.29 is 19.5 Å². The third kappa shape index (κ3) is 9.09. The number of hydrogen-bond donors (Lipinski definition) is 1. The Balaban J connectivity index is 0.000000560. The second-order valence-electron chi connectivity index (χ2n) is 7.98. The summed E-state index contributed by atoms with van der Waals surface area (Å²) in [5.41, 5.74) is 0.940. The van der Waals surface area contributed by atoms with Crippen LogP contribution in [0.25, 0.3) is 0 Å². The monoisotopic (exact) mass is 406 g/mol. The molecule has 5 nitrogen and oxygen atoms in total. The molecule has 1 aliphatic heterocycles. The number of carbonyl (C=O) groups excluding carboxylic acids is 2. The standard InChI is InChI=1S/C16H36N.C8H5NO2.H2O/c1-5-9-13-17(14-10-6-2,15-11-7-3)16-12-8-4;10-7-5-3-1-2-4-6(5)8(11)9-7;/h5-16H2,1-4H3;1-4H,(H,9,10,11);1H2/q+1;;/p-1. The zero-order valence-electron chi connectivity index (χ0n) is 19.0. The zero-order valence-corrected chi connectivity index (χ0v) is 19.0. The number of amides is 2. The fourth-order valence-corrected chi connectivity index (χ4v) is 3.76. The van der Waals surface area contributed by atoms with Crippen LogP contribution in [0, 0.1) is 0 Å². The maximum Gasteiger partial charge on any atom is 0.258 e. The van der Waals surface area contributed by atoms with Crippen molar-refractivity contribution in [1.29, 1.82) is 0 Å². The van der Waals surface area contributed by atoms with Gasteiger partial charge in [0.05, 0.1) is 37.3 Å². The molecular weight excluding hydrogens is 364 g/mol. The minimum atomic E-state index is -0.300. The first kappa shape index (κ1) is 27.3. The van der Waals surface area contributed by atoms with Gasteiger partial charge in [0, 0.05) is 0 Å². The predicted molar refractivity (Wildman–Crippen MR) is 120 cm³/mol. The molecule has 0 aromatic heterocycles. The molecule has 0 bridgehead atoms. The summed E-state index contributed by atoms with van der Waals surface area (Å²) in [5, 5.41) is 2.20. The Morgan fingerprint density at radius 3 is 1.24 bits per heavy atom. The number of rotatable bonds is 12. The van der Waals surface area contributed by atoms with E-state index in [-0.39, 0.29) is 17.3 Å². The molecule has 1 aromatic rings. The minimum Gasteiger partial charge on any atom is -0.870 e. The summed E-state index contributed by atoms with van der Waals surface area (Å²) < 4.78 is 1.42. The van der Waals surface area contributed by atoms with Crippen molar-refractivity contribution in [2.75, 3.05) is 26.2 Å². The Morgan fingerprint density at radius 1 is 0.655 bits per heavy atom. The van der Waals surface area contributed by atoms with Gasteiger partial charge in [0.2, 0.25) is 0 Å². The van der Waals surface area contributed by atoms with Gasteiger partial charge < -0.3 is 9.96 Å². The molecule has 2 amide bonds. The van der Waals surface area contributed by atoms with E-state index in [1.54, 1.807) is 24.3 Å². The number of imide groups is 1. The van der Waals surface area contributed by atoms with Crippen LogP contribution in [0.4, 0.5) is 0 Å². The lowest BCUT2D eigenvalue weighted by Gasteiger charge is -2.39. The van der Waals surface area contributed by atoms with Crippen LogP contribution in [-0.4, -0.2) is 48.0 Å². The molecule has 1 aliphatic rings. The fraction of sp³-hybridized carbons (Fsp3) is 0.667. The Kier molecular flexibility index (Phi) is 14.3. The number of hydrogen-bond acceptors (Lipinski definition) is 3. The third-order valence-corrected chi connectivity index (χ3v) is 5.59. The topological polar surface area (TPSA) is 76.2 Å². The Labute approximate surface area is 177 Å². The van der Waals surface area contributed by atoms with Crippen LogP contribution >= 0.6 is 0 Å². The number of unbranched alkanes of at least 4 members (excludes halogenated alkanes) is 4. The van der Waals surface area contributed by atoms with Crippen molar-refractivity contribution in [3.63, 3.8) is 0 Å². The molecule has 0 radical (unpaired) electrons. The fourth-order valence-electron chi connectivity index (χ4n) is 3.76. The van der Waals surface area contributed by atoms with E-state index in [2.05, 4.69) is 33.0 Å². The van der Waals surface area contributed by atoms with E-state index in [0.717, 1.165) is 0 Å². The first-order chi connectivity index (χ1) is 13.5. The first-order valence-electron chi connectivity index (χ1n) is 11.3. The Bertz CT molecular complexity index is 531. The van der Waals surface area contributed by atoms with Crippen LogP contribution < -0.4 is 5.32 Å². The highest BCUT2D eigenvalue weighted by Crippen LogP contribution is 2.16. The summed E-state index contributed by atoms with van der Waals surface area (Å²) in [4.78, 5) is 21.9. The lowest BCUT2D eigenvalue weighted by molar-refractivity contribution is -0.929. The molecule has 0 atom stereocenters. The molecule has 0 aliphatic carbocycles. The summed E-state index contributed by atoms with van der Waals surface area (Å²) >= 11 is 0. The highest BCUT2D eigenvalue weighted by Gasteiger charge is 2.25. The average Bonchev–Trinajstić information content (AvgIpc) is 3.01. The number of nitrogens with one attached hydrogen (secondary N) is 1. The molecule has 5 heteroatoms. The minimum absolute atomic E-state index is 0. The van der Waals surface area contributed by atoms with E-state index in [0.29, 0.717) is 11.1 Å². The number of carbonyl (C=O) groups is 2. The molecule has 2 rings (SSSR count). The maximum absolute atomic E-state index is 10.9. The van der Waals surface area contributed by atoms with Gasteiger partial charge in [-0.1, -0.05) is 65.5 Å². The van der Waals surface area contributed by atoms with Crippen molar-refractivity contribution in [3.8, 4) is 0 Å². The van der Waals surface area contributed by atoms with Crippen LogP contribution in [-0.2, 0) is 0 Å². The second kappa shape index (κ2) is 15.2. The third-order valence-electron chi connectivity index (χ3n) is 5.59. The van der Waals surface area contributed by atoms with Gasteiger partial charge in [0.1, 0.15) is 0 Å². The van der Waals surface area contributed by atoms with Gasteiger partial charge in [-0.05, 0) is 37.8 Å². The highest BCUT2D eigenvalue weighted by molar-refractivity contribution is 6.21. The van der Waals surface area contributed by atoms with Crippen molar-refractivity contribution in [3.05, 3.63) is 35.4 Å².